The monoisotopic (exact) mass is 296 g/mol. The van der Waals surface area contributed by atoms with E-state index in [0.29, 0.717) is 5.92 Å². The van der Waals surface area contributed by atoms with E-state index >= 15 is 0 Å². The molecule has 0 bridgehead atoms. The summed E-state index contributed by atoms with van der Waals surface area (Å²) in [7, 11) is 4.46. The zero-order valence-corrected chi connectivity index (χ0v) is 15.6. The van der Waals surface area contributed by atoms with Gasteiger partial charge in [-0.1, -0.05) is 78.9 Å². The summed E-state index contributed by atoms with van der Waals surface area (Å²) in [4.78, 5) is 4.90. The molecule has 0 aromatic heterocycles. The molecule has 0 amide bonds. The Morgan fingerprint density at radius 1 is 0.905 bits per heavy atom. The molecule has 1 unspecified atom stereocenters. The molecule has 0 aromatic carbocycles. The molecule has 0 heterocycles. The predicted molar refractivity (Wildman–Crippen MR) is 96.7 cm³/mol. The van der Waals surface area contributed by atoms with E-state index in [4.69, 9.17) is 0 Å². The molecule has 0 aliphatic rings. The fraction of sp³-hybridized carbons (Fsp3) is 0.895. The second kappa shape index (κ2) is 11.3. The van der Waals surface area contributed by atoms with Crippen LogP contribution in [-0.4, -0.2) is 42.6 Å². The second-order valence-electron chi connectivity index (χ2n) is 6.47. The largest absolute Gasteiger partial charge is 0.285 e. The number of unbranched alkanes of at least 4 members (excludes halogenated alkanes) is 5. The molecular formula is C19H40N2. The molecular weight excluding hydrogens is 256 g/mol. The van der Waals surface area contributed by atoms with Crippen LogP contribution in [0, 0.1) is 5.92 Å². The molecule has 21 heavy (non-hydrogen) atoms. The predicted octanol–water partition coefficient (Wildman–Crippen LogP) is 5.16. The maximum Gasteiger partial charge on any atom is 0.0947 e. The number of rotatable bonds is 13. The van der Waals surface area contributed by atoms with Gasteiger partial charge < -0.3 is 0 Å². The van der Waals surface area contributed by atoms with E-state index in [1.165, 1.54) is 44.9 Å². The van der Waals surface area contributed by atoms with E-state index in [9.17, 15) is 0 Å². The minimum absolute atomic E-state index is 0.00703. The molecule has 0 spiro atoms. The SMILES string of the molecule is C=CC(C(C)CCCCCCCC)(N(C)CC)N(C)CC. The lowest BCUT2D eigenvalue weighted by Gasteiger charge is -2.50. The van der Waals surface area contributed by atoms with E-state index < -0.39 is 0 Å². The first kappa shape index (κ1) is 20.7. The number of hydrogen-bond donors (Lipinski definition) is 0. The number of likely N-dealkylation sites (N-methyl/N-ethyl adjacent to an activating group) is 2. The maximum absolute atomic E-state index is 4.18. The van der Waals surface area contributed by atoms with Gasteiger partial charge in [0.15, 0.2) is 0 Å². The van der Waals surface area contributed by atoms with E-state index in [2.05, 4.69) is 64.2 Å². The Morgan fingerprint density at radius 3 is 1.81 bits per heavy atom. The van der Waals surface area contributed by atoms with E-state index in [0.717, 1.165) is 13.1 Å². The third kappa shape index (κ3) is 5.75. The summed E-state index contributed by atoms with van der Waals surface area (Å²) in [6.07, 6.45) is 11.7. The summed E-state index contributed by atoms with van der Waals surface area (Å²) in [5.74, 6) is 0.607. The summed E-state index contributed by atoms with van der Waals surface area (Å²) < 4.78 is 0. The normalized spacial score (nSPS) is 13.9. The summed E-state index contributed by atoms with van der Waals surface area (Å²) in [5, 5.41) is 0. The van der Waals surface area contributed by atoms with Gasteiger partial charge in [-0.3, -0.25) is 9.80 Å². The Balaban J connectivity index is 4.58. The molecule has 0 saturated heterocycles. The molecule has 1 atom stereocenters. The fourth-order valence-corrected chi connectivity index (χ4v) is 3.51. The molecule has 0 radical (unpaired) electrons. The lowest BCUT2D eigenvalue weighted by molar-refractivity contribution is -0.0285. The Hall–Kier alpha value is -0.340. The van der Waals surface area contributed by atoms with Crippen molar-refractivity contribution >= 4 is 0 Å². The zero-order valence-electron chi connectivity index (χ0n) is 15.6. The molecule has 0 aliphatic heterocycles. The average molecular weight is 297 g/mol. The van der Waals surface area contributed by atoms with Crippen LogP contribution in [0.15, 0.2) is 12.7 Å². The zero-order chi connectivity index (χ0) is 16.3. The van der Waals surface area contributed by atoms with Gasteiger partial charge in [0.25, 0.3) is 0 Å². The highest BCUT2D eigenvalue weighted by Crippen LogP contribution is 2.32. The molecule has 0 aliphatic carbocycles. The first-order valence-corrected chi connectivity index (χ1v) is 9.07. The first-order chi connectivity index (χ1) is 10.0. The summed E-state index contributed by atoms with van der Waals surface area (Å²) in [6.45, 7) is 15.4. The van der Waals surface area contributed by atoms with Crippen molar-refractivity contribution in [1.29, 1.82) is 0 Å². The van der Waals surface area contributed by atoms with Crippen molar-refractivity contribution in [2.24, 2.45) is 5.92 Å². The van der Waals surface area contributed by atoms with Crippen LogP contribution in [-0.2, 0) is 0 Å². The van der Waals surface area contributed by atoms with Crippen molar-refractivity contribution < 1.29 is 0 Å². The van der Waals surface area contributed by atoms with Crippen molar-refractivity contribution in [2.45, 2.75) is 78.3 Å². The van der Waals surface area contributed by atoms with Crippen molar-refractivity contribution in [2.75, 3.05) is 27.2 Å². The van der Waals surface area contributed by atoms with Crippen LogP contribution in [0.4, 0.5) is 0 Å². The lowest BCUT2D eigenvalue weighted by Crippen LogP contribution is -2.60. The highest BCUT2D eigenvalue weighted by Gasteiger charge is 2.39. The van der Waals surface area contributed by atoms with Gasteiger partial charge in [-0.25, -0.2) is 0 Å². The van der Waals surface area contributed by atoms with Crippen LogP contribution in [0.1, 0.15) is 72.6 Å². The third-order valence-electron chi connectivity index (χ3n) is 5.19. The quantitative estimate of drug-likeness (QED) is 0.263. The Kier molecular flexibility index (Phi) is 11.1. The van der Waals surface area contributed by atoms with Gasteiger partial charge in [0.1, 0.15) is 0 Å². The molecule has 2 nitrogen and oxygen atoms in total. The van der Waals surface area contributed by atoms with E-state index in [1.54, 1.807) is 0 Å². The Morgan fingerprint density at radius 2 is 1.38 bits per heavy atom. The highest BCUT2D eigenvalue weighted by molar-refractivity contribution is 5.05. The minimum Gasteiger partial charge on any atom is -0.285 e. The molecule has 0 aromatic rings. The summed E-state index contributed by atoms with van der Waals surface area (Å²) >= 11 is 0. The maximum atomic E-state index is 4.18. The van der Waals surface area contributed by atoms with Gasteiger partial charge in [-0.15, -0.1) is 0 Å². The first-order valence-electron chi connectivity index (χ1n) is 9.07. The van der Waals surface area contributed by atoms with Crippen molar-refractivity contribution in [1.82, 2.24) is 9.80 Å². The molecule has 2 heteroatoms. The average Bonchev–Trinajstić information content (AvgIpc) is 2.51. The van der Waals surface area contributed by atoms with Gasteiger partial charge >= 0.3 is 0 Å². The number of nitrogens with zero attached hydrogens (tertiary/aromatic N) is 2. The summed E-state index contributed by atoms with van der Waals surface area (Å²) in [5.41, 5.74) is -0.00703. The van der Waals surface area contributed by atoms with E-state index in [-0.39, 0.29) is 5.66 Å². The standard InChI is InChI=1S/C19H40N2/c1-8-12-13-14-15-16-17-18(5)19(9-2,20(6)10-3)21(7)11-4/h9,18H,2,8,10-17H2,1,3-7H3. The van der Waals surface area contributed by atoms with Gasteiger partial charge in [-0.05, 0) is 39.5 Å². The van der Waals surface area contributed by atoms with Gasteiger partial charge in [0, 0.05) is 0 Å². The molecule has 126 valence electrons. The Bertz CT molecular complexity index is 252. The van der Waals surface area contributed by atoms with Crippen molar-refractivity contribution in [3.05, 3.63) is 12.7 Å². The van der Waals surface area contributed by atoms with Gasteiger partial charge in [0.05, 0.1) is 5.66 Å². The third-order valence-corrected chi connectivity index (χ3v) is 5.19. The summed E-state index contributed by atoms with van der Waals surface area (Å²) in [6, 6.07) is 0. The van der Waals surface area contributed by atoms with Crippen LogP contribution < -0.4 is 0 Å². The Labute approximate surface area is 134 Å². The fourth-order valence-electron chi connectivity index (χ4n) is 3.51. The van der Waals surface area contributed by atoms with Crippen LogP contribution in [0.3, 0.4) is 0 Å². The van der Waals surface area contributed by atoms with Crippen LogP contribution in [0.2, 0.25) is 0 Å². The second-order valence-corrected chi connectivity index (χ2v) is 6.47. The molecule has 0 rings (SSSR count). The molecule has 0 fully saturated rings. The van der Waals surface area contributed by atoms with Crippen LogP contribution in [0.25, 0.3) is 0 Å². The molecule has 0 saturated carbocycles. The smallest absolute Gasteiger partial charge is 0.0947 e. The van der Waals surface area contributed by atoms with Crippen molar-refractivity contribution in [3.63, 3.8) is 0 Å². The highest BCUT2D eigenvalue weighted by atomic mass is 15.4. The number of hydrogen-bond acceptors (Lipinski definition) is 2. The molecule has 0 N–H and O–H groups in total. The van der Waals surface area contributed by atoms with Gasteiger partial charge in [0.2, 0.25) is 0 Å². The topological polar surface area (TPSA) is 6.48 Å². The van der Waals surface area contributed by atoms with E-state index in [1.807, 2.05) is 0 Å². The van der Waals surface area contributed by atoms with Crippen LogP contribution >= 0.6 is 0 Å². The van der Waals surface area contributed by atoms with Gasteiger partial charge in [-0.2, -0.15) is 0 Å². The van der Waals surface area contributed by atoms with Crippen LogP contribution in [0.5, 0.6) is 0 Å². The van der Waals surface area contributed by atoms with Crippen molar-refractivity contribution in [3.8, 4) is 0 Å². The lowest BCUT2D eigenvalue weighted by atomic mass is 9.86. The minimum atomic E-state index is -0.00703.